The molecule has 2 unspecified atom stereocenters. The van der Waals surface area contributed by atoms with Crippen molar-refractivity contribution in [1.82, 2.24) is 5.32 Å². The molecule has 0 spiro atoms. The molecular weight excluding hydrogens is 887 g/mol. The first kappa shape index (κ1) is 69.6. The Kier molecular flexibility index (Phi) is 59.0. The maximum Gasteiger partial charge on any atom is 0.305 e. The largest absolute Gasteiger partial charge is 0.466 e. The van der Waals surface area contributed by atoms with Crippen LogP contribution in [0.15, 0.2) is 60.8 Å². The van der Waals surface area contributed by atoms with Gasteiger partial charge < -0.3 is 20.3 Å². The summed E-state index contributed by atoms with van der Waals surface area (Å²) in [4.78, 5) is 24.5. The molecule has 0 saturated heterocycles. The number of allylic oxidation sites excluding steroid dienone is 9. The lowest BCUT2D eigenvalue weighted by molar-refractivity contribution is -0.143. The predicted molar refractivity (Wildman–Crippen MR) is 315 cm³/mol. The van der Waals surface area contributed by atoms with Gasteiger partial charge in [-0.25, -0.2) is 0 Å². The summed E-state index contributed by atoms with van der Waals surface area (Å²) < 4.78 is 5.49. The lowest BCUT2D eigenvalue weighted by atomic mass is 10.0. The fraction of sp³-hybridized carbons (Fsp3) is 0.818. The molecule has 3 N–H and O–H groups in total. The summed E-state index contributed by atoms with van der Waals surface area (Å²) in [6.07, 6.45) is 79.7. The van der Waals surface area contributed by atoms with Crippen molar-refractivity contribution in [2.24, 2.45) is 0 Å². The second-order valence-corrected chi connectivity index (χ2v) is 21.4. The molecule has 0 aliphatic rings. The zero-order valence-electron chi connectivity index (χ0n) is 47.9. The van der Waals surface area contributed by atoms with Gasteiger partial charge in [-0.15, -0.1) is 0 Å². The van der Waals surface area contributed by atoms with Crippen LogP contribution < -0.4 is 5.32 Å². The molecule has 0 bridgehead atoms. The topological polar surface area (TPSA) is 95.9 Å². The van der Waals surface area contributed by atoms with Crippen molar-refractivity contribution < 1.29 is 24.5 Å². The van der Waals surface area contributed by atoms with Crippen molar-refractivity contribution in [3.63, 3.8) is 0 Å². The first-order chi connectivity index (χ1) is 35.5. The molecule has 1 amide bonds. The Hall–Kier alpha value is -2.44. The number of carbonyl (C=O) groups is 2. The number of amides is 1. The van der Waals surface area contributed by atoms with Crippen molar-refractivity contribution in [1.29, 1.82) is 0 Å². The molecule has 0 heterocycles. The summed E-state index contributed by atoms with van der Waals surface area (Å²) in [5.41, 5.74) is 0. The third-order valence-corrected chi connectivity index (χ3v) is 14.3. The van der Waals surface area contributed by atoms with E-state index in [-0.39, 0.29) is 18.5 Å². The highest BCUT2D eigenvalue weighted by atomic mass is 16.5. The average Bonchev–Trinajstić information content (AvgIpc) is 3.38. The predicted octanol–water partition coefficient (Wildman–Crippen LogP) is 19.9. The zero-order valence-corrected chi connectivity index (χ0v) is 47.9. The van der Waals surface area contributed by atoms with Crippen LogP contribution in [-0.2, 0) is 14.3 Å². The molecule has 0 aromatic carbocycles. The van der Waals surface area contributed by atoms with Crippen LogP contribution in [-0.4, -0.2) is 47.4 Å². The number of rotatable bonds is 58. The highest BCUT2D eigenvalue weighted by Crippen LogP contribution is 2.16. The normalized spacial score (nSPS) is 13.0. The summed E-state index contributed by atoms with van der Waals surface area (Å²) in [6, 6.07) is -0.636. The summed E-state index contributed by atoms with van der Waals surface area (Å²) in [5, 5.41) is 23.1. The minimum atomic E-state index is -0.852. The van der Waals surface area contributed by atoms with E-state index < -0.39 is 12.1 Å². The Balaban J connectivity index is 3.47. The summed E-state index contributed by atoms with van der Waals surface area (Å²) in [7, 11) is 0. The van der Waals surface area contributed by atoms with Gasteiger partial charge in [0.2, 0.25) is 5.91 Å². The first-order valence-corrected chi connectivity index (χ1v) is 31.6. The third kappa shape index (κ3) is 56.8. The number of hydrogen-bond donors (Lipinski definition) is 3. The van der Waals surface area contributed by atoms with Crippen LogP contribution in [0.3, 0.4) is 0 Å². The van der Waals surface area contributed by atoms with Crippen LogP contribution >= 0.6 is 0 Å². The zero-order chi connectivity index (χ0) is 52.2. The number of esters is 1. The minimum absolute atomic E-state index is 0.00135. The molecule has 0 aliphatic carbocycles. The second kappa shape index (κ2) is 61.1. The molecule has 2 atom stereocenters. The number of carbonyl (C=O) groups excluding carboxylic acids is 2. The van der Waals surface area contributed by atoms with Crippen molar-refractivity contribution in [3.8, 4) is 0 Å². The number of nitrogens with one attached hydrogen (secondary N) is 1. The Morgan fingerprint density at radius 2 is 0.694 bits per heavy atom. The molecule has 0 aromatic heterocycles. The molecule has 72 heavy (non-hydrogen) atoms. The van der Waals surface area contributed by atoms with E-state index in [2.05, 4.69) is 67.8 Å². The van der Waals surface area contributed by atoms with E-state index in [1.807, 2.05) is 6.08 Å². The van der Waals surface area contributed by atoms with Crippen molar-refractivity contribution >= 4 is 11.9 Å². The SMILES string of the molecule is CCCCCC/C=C\C/C=C\CCCCCCCCCC(=O)OCCCCCCCCCCC/C=C\C/C=C\CCCCCCCCCC(=O)NC(CO)C(O)/C=C/CCCCCCCCCCCCCC. The van der Waals surface area contributed by atoms with Crippen LogP contribution in [0.2, 0.25) is 0 Å². The van der Waals surface area contributed by atoms with E-state index in [1.54, 1.807) is 6.08 Å². The summed E-state index contributed by atoms with van der Waals surface area (Å²) in [6.45, 7) is 4.88. The Labute approximate surface area is 448 Å². The number of hydrogen-bond acceptors (Lipinski definition) is 5. The van der Waals surface area contributed by atoms with Gasteiger partial charge in [-0.2, -0.15) is 0 Å². The van der Waals surface area contributed by atoms with Gasteiger partial charge in [0.1, 0.15) is 0 Å². The van der Waals surface area contributed by atoms with Gasteiger partial charge in [0.15, 0.2) is 0 Å². The third-order valence-electron chi connectivity index (χ3n) is 14.3. The number of aliphatic hydroxyl groups is 2. The van der Waals surface area contributed by atoms with Crippen molar-refractivity contribution in [2.45, 2.75) is 334 Å². The van der Waals surface area contributed by atoms with Crippen LogP contribution in [0.5, 0.6) is 0 Å². The van der Waals surface area contributed by atoms with E-state index in [4.69, 9.17) is 4.74 Å². The highest BCUT2D eigenvalue weighted by Gasteiger charge is 2.18. The standard InChI is InChI=1S/C66H121NO5/c1-3-5-7-9-11-13-15-17-19-20-29-32-36-40-44-48-52-56-60-66(71)72-61-57-53-49-45-41-37-33-30-27-25-23-21-22-24-26-28-31-35-39-43-47-51-55-59-65(70)67-63(62-68)64(69)58-54-50-46-42-38-34-18-16-14-12-10-8-6-4-2/h13,15,19-21,23-24,26,54,58,63-64,68-69H,3-12,14,16-18,22,25,27-53,55-57,59-62H2,1-2H3,(H,67,70)/b15-13-,20-19-,23-21-,26-24-,58-54+. The number of unbranched alkanes of at least 4 members (excludes halogenated alkanes) is 39. The van der Waals surface area contributed by atoms with E-state index >= 15 is 0 Å². The maximum atomic E-state index is 12.5. The lowest BCUT2D eigenvalue weighted by Crippen LogP contribution is -2.45. The van der Waals surface area contributed by atoms with Gasteiger partial charge in [0, 0.05) is 12.8 Å². The summed E-state index contributed by atoms with van der Waals surface area (Å²) in [5.74, 6) is -0.0802. The van der Waals surface area contributed by atoms with Gasteiger partial charge in [-0.1, -0.05) is 274 Å². The maximum absolute atomic E-state index is 12.5. The fourth-order valence-corrected chi connectivity index (χ4v) is 9.40. The Morgan fingerprint density at radius 1 is 0.389 bits per heavy atom. The van der Waals surface area contributed by atoms with E-state index in [0.717, 1.165) is 70.6 Å². The van der Waals surface area contributed by atoms with Crippen LogP contribution in [0.4, 0.5) is 0 Å². The van der Waals surface area contributed by atoms with E-state index in [1.165, 1.54) is 225 Å². The van der Waals surface area contributed by atoms with Crippen LogP contribution in [0.25, 0.3) is 0 Å². The Morgan fingerprint density at radius 3 is 1.07 bits per heavy atom. The number of aliphatic hydroxyl groups excluding tert-OH is 2. The average molecular weight is 1010 g/mol. The van der Waals surface area contributed by atoms with E-state index in [0.29, 0.717) is 19.4 Å². The molecule has 420 valence electrons. The van der Waals surface area contributed by atoms with Crippen LogP contribution in [0, 0.1) is 0 Å². The van der Waals surface area contributed by atoms with Gasteiger partial charge >= 0.3 is 5.97 Å². The molecule has 0 fully saturated rings. The monoisotopic (exact) mass is 1010 g/mol. The van der Waals surface area contributed by atoms with Crippen LogP contribution in [0.1, 0.15) is 322 Å². The minimum Gasteiger partial charge on any atom is -0.466 e. The van der Waals surface area contributed by atoms with Gasteiger partial charge in [-0.3, -0.25) is 9.59 Å². The molecule has 0 aromatic rings. The number of ether oxygens (including phenoxy) is 1. The van der Waals surface area contributed by atoms with Crippen molar-refractivity contribution in [3.05, 3.63) is 60.8 Å². The Bertz CT molecular complexity index is 1250. The van der Waals surface area contributed by atoms with Gasteiger partial charge in [0.05, 0.1) is 25.4 Å². The summed E-state index contributed by atoms with van der Waals surface area (Å²) >= 11 is 0. The second-order valence-electron chi connectivity index (χ2n) is 21.4. The molecule has 6 nitrogen and oxygen atoms in total. The molecule has 0 saturated carbocycles. The first-order valence-electron chi connectivity index (χ1n) is 31.6. The molecule has 0 rings (SSSR count). The molecule has 0 radical (unpaired) electrons. The van der Waals surface area contributed by atoms with Crippen molar-refractivity contribution in [2.75, 3.05) is 13.2 Å². The highest BCUT2D eigenvalue weighted by molar-refractivity contribution is 5.76. The van der Waals surface area contributed by atoms with Gasteiger partial charge in [-0.05, 0) is 96.3 Å². The molecule has 6 heteroatoms. The molecule has 0 aliphatic heterocycles. The van der Waals surface area contributed by atoms with Gasteiger partial charge in [0.25, 0.3) is 0 Å². The smallest absolute Gasteiger partial charge is 0.305 e. The quantitative estimate of drug-likeness (QED) is 0.0320. The fourth-order valence-electron chi connectivity index (χ4n) is 9.40. The molecular formula is C66H121NO5. The lowest BCUT2D eigenvalue weighted by Gasteiger charge is -2.20. The van der Waals surface area contributed by atoms with E-state index in [9.17, 15) is 19.8 Å².